The zero-order valence-corrected chi connectivity index (χ0v) is 24.2. The molecule has 3 atom stereocenters. The van der Waals surface area contributed by atoms with E-state index in [1.165, 1.54) is 16.7 Å². The predicted octanol–water partition coefficient (Wildman–Crippen LogP) is 4.41. The first kappa shape index (κ1) is 30.3. The van der Waals surface area contributed by atoms with Crippen molar-refractivity contribution in [1.82, 2.24) is 15.5 Å². The van der Waals surface area contributed by atoms with E-state index >= 15 is 0 Å². The number of β-lactam (4-membered cyclic amide) rings is 1. The van der Waals surface area contributed by atoms with Gasteiger partial charge in [-0.05, 0) is 18.1 Å². The van der Waals surface area contributed by atoms with Gasteiger partial charge in [-0.15, -0.1) is 11.8 Å². The van der Waals surface area contributed by atoms with Gasteiger partial charge in [0.15, 0.2) is 0 Å². The second-order valence-corrected chi connectivity index (χ2v) is 14.0. The van der Waals surface area contributed by atoms with Crippen LogP contribution in [0.5, 0.6) is 0 Å². The predicted molar refractivity (Wildman–Crippen MR) is 143 cm³/mol. The number of benzene rings is 1. The Hall–Kier alpha value is -1.27. The molecule has 3 amide bonds. The molecule has 0 spiro atoms. The fraction of sp³-hybridized carbons (Fsp3) is 0.429. The van der Waals surface area contributed by atoms with Gasteiger partial charge >= 0.3 is 12.1 Å². The lowest BCUT2D eigenvalue weighted by Crippen LogP contribution is -2.71. The molecule has 9 nitrogen and oxygen atoms in total. The minimum atomic E-state index is -1.84. The maximum absolute atomic E-state index is 13.2. The third-order valence-corrected chi connectivity index (χ3v) is 7.12. The third-order valence-electron chi connectivity index (χ3n) is 5.04. The van der Waals surface area contributed by atoms with Crippen molar-refractivity contribution < 1.29 is 28.7 Å². The van der Waals surface area contributed by atoms with Crippen LogP contribution in [0, 0.1) is 0 Å². The molecule has 1 fully saturated rings. The molecule has 2 aliphatic heterocycles. The first-order valence-corrected chi connectivity index (χ1v) is 13.7. The number of thioether (sulfide) groups is 1. The molecule has 0 radical (unpaired) electrons. The Morgan fingerprint density at radius 1 is 1.05 bits per heavy atom. The van der Waals surface area contributed by atoms with Crippen LogP contribution in [0.1, 0.15) is 18.5 Å². The molecule has 2 N–H and O–H groups in total. The quantitative estimate of drug-likeness (QED) is 0.255. The standard InChI is InChI=1S/C21H19Cl6N3O6S/c1-10-7-37-17-13(16(32)30(17)14(10)18(33)35-8-20(22,23)24)28-15(31)12(11-5-3-2-4-6-11)29-19(34)36-9-21(25,26)27/h2-6,12-13,17H,7-9H2,1H3,(H,28,31)(H,29,34)/t12?,13-,17-/m1/s1. The second-order valence-electron chi connectivity index (χ2n) is 7.90. The van der Waals surface area contributed by atoms with Gasteiger partial charge in [0.05, 0.1) is 0 Å². The van der Waals surface area contributed by atoms with Crippen LogP contribution >= 0.6 is 81.4 Å². The lowest BCUT2D eigenvalue weighted by molar-refractivity contribution is -0.153. The Morgan fingerprint density at radius 3 is 2.24 bits per heavy atom. The Kier molecular flexibility index (Phi) is 10.0. The summed E-state index contributed by atoms with van der Waals surface area (Å²) in [6.07, 6.45) is -1.01. The highest BCUT2D eigenvalue weighted by Gasteiger charge is 2.54. The van der Waals surface area contributed by atoms with Gasteiger partial charge < -0.3 is 20.1 Å². The van der Waals surface area contributed by atoms with Crippen molar-refractivity contribution in [3.05, 3.63) is 47.2 Å². The SMILES string of the molecule is CC1=C(C(=O)OCC(Cl)(Cl)Cl)N2C(=O)[C@@H](NC(=O)C(NC(=O)OCC(Cl)(Cl)Cl)c3ccccc3)[C@H]2SC1. The maximum atomic E-state index is 13.2. The zero-order chi connectivity index (χ0) is 27.5. The number of fused-ring (bicyclic) bond motifs is 1. The van der Waals surface area contributed by atoms with E-state index in [4.69, 9.17) is 79.1 Å². The molecule has 16 heteroatoms. The highest BCUT2D eigenvalue weighted by Crippen LogP contribution is 2.41. The average molecular weight is 654 g/mol. The van der Waals surface area contributed by atoms with Crippen molar-refractivity contribution in [2.75, 3.05) is 19.0 Å². The summed E-state index contributed by atoms with van der Waals surface area (Å²) in [7, 11) is 0. The van der Waals surface area contributed by atoms with Crippen LogP contribution in [0.25, 0.3) is 0 Å². The van der Waals surface area contributed by atoms with Crippen molar-refractivity contribution >= 4 is 105 Å². The second kappa shape index (κ2) is 12.3. The molecule has 1 aromatic rings. The number of rotatable bonds is 7. The summed E-state index contributed by atoms with van der Waals surface area (Å²) in [5, 5.41) is 4.45. The largest absolute Gasteiger partial charge is 0.456 e. The number of alkyl carbamates (subject to hydrolysis) is 1. The molecule has 3 rings (SSSR count). The molecule has 1 saturated heterocycles. The van der Waals surface area contributed by atoms with E-state index in [1.807, 2.05) is 0 Å². The molecule has 1 unspecified atom stereocenters. The normalized spacial score (nSPS) is 20.4. The Balaban J connectivity index is 1.72. The summed E-state index contributed by atoms with van der Waals surface area (Å²) in [6.45, 7) is 0.614. The Labute approximate surface area is 246 Å². The lowest BCUT2D eigenvalue weighted by atomic mass is 10.0. The smallest absolute Gasteiger partial charge is 0.408 e. The first-order valence-electron chi connectivity index (χ1n) is 10.4. The van der Waals surface area contributed by atoms with E-state index in [1.54, 1.807) is 37.3 Å². The summed E-state index contributed by atoms with van der Waals surface area (Å²) < 4.78 is 6.26. The van der Waals surface area contributed by atoms with Gasteiger partial charge in [-0.25, -0.2) is 9.59 Å². The van der Waals surface area contributed by atoms with Gasteiger partial charge in [0.2, 0.25) is 13.5 Å². The van der Waals surface area contributed by atoms with Gasteiger partial charge in [0, 0.05) is 5.75 Å². The highest BCUT2D eigenvalue weighted by molar-refractivity contribution is 8.00. The Morgan fingerprint density at radius 2 is 1.65 bits per heavy atom. The van der Waals surface area contributed by atoms with Gasteiger partial charge in [-0.1, -0.05) is 99.9 Å². The topological polar surface area (TPSA) is 114 Å². The number of hydrogen-bond acceptors (Lipinski definition) is 7. The summed E-state index contributed by atoms with van der Waals surface area (Å²) in [5.41, 5.74) is 1.04. The van der Waals surface area contributed by atoms with Crippen molar-refractivity contribution in [3.63, 3.8) is 0 Å². The minimum Gasteiger partial charge on any atom is -0.456 e. The molecule has 37 heavy (non-hydrogen) atoms. The number of alkyl halides is 6. The van der Waals surface area contributed by atoms with Gasteiger partial charge in [0.25, 0.3) is 5.91 Å². The van der Waals surface area contributed by atoms with Crippen LogP contribution in [-0.2, 0) is 23.9 Å². The van der Waals surface area contributed by atoms with Gasteiger partial charge in [0.1, 0.15) is 36.4 Å². The number of esters is 1. The monoisotopic (exact) mass is 651 g/mol. The minimum absolute atomic E-state index is 0.0292. The molecule has 0 aliphatic carbocycles. The fourth-order valence-electron chi connectivity index (χ4n) is 3.47. The van der Waals surface area contributed by atoms with E-state index in [-0.39, 0.29) is 5.70 Å². The highest BCUT2D eigenvalue weighted by atomic mass is 35.6. The molecular formula is C21H19Cl6N3O6S. The summed E-state index contributed by atoms with van der Waals surface area (Å²) >= 11 is 35.1. The number of ether oxygens (including phenoxy) is 2. The Bertz CT molecular complexity index is 1090. The average Bonchev–Trinajstić information content (AvgIpc) is 2.82. The van der Waals surface area contributed by atoms with E-state index in [2.05, 4.69) is 10.6 Å². The van der Waals surface area contributed by atoms with E-state index in [0.29, 0.717) is 16.9 Å². The van der Waals surface area contributed by atoms with Crippen LogP contribution in [0.2, 0.25) is 0 Å². The summed E-state index contributed by atoms with van der Waals surface area (Å²) in [5.74, 6) is -1.67. The lowest BCUT2D eigenvalue weighted by Gasteiger charge is -2.49. The molecule has 2 heterocycles. The number of carbonyl (C=O) groups is 4. The third kappa shape index (κ3) is 8.11. The number of halogens is 6. The van der Waals surface area contributed by atoms with Crippen molar-refractivity contribution in [2.45, 2.75) is 32.0 Å². The van der Waals surface area contributed by atoms with Crippen LogP contribution in [-0.4, -0.2) is 66.7 Å². The van der Waals surface area contributed by atoms with Gasteiger partial charge in [-0.3, -0.25) is 14.5 Å². The molecule has 0 aromatic heterocycles. The van der Waals surface area contributed by atoms with E-state index in [9.17, 15) is 19.2 Å². The van der Waals surface area contributed by atoms with Crippen molar-refractivity contribution in [1.29, 1.82) is 0 Å². The van der Waals surface area contributed by atoms with Crippen LogP contribution in [0.15, 0.2) is 41.6 Å². The number of amides is 3. The number of nitrogens with zero attached hydrogens (tertiary/aromatic N) is 1. The summed E-state index contributed by atoms with van der Waals surface area (Å²) in [6, 6.07) is 6.06. The molecule has 1 aromatic carbocycles. The van der Waals surface area contributed by atoms with Crippen molar-refractivity contribution in [3.8, 4) is 0 Å². The number of nitrogens with one attached hydrogen (secondary N) is 2. The van der Waals surface area contributed by atoms with Gasteiger partial charge in [-0.2, -0.15) is 0 Å². The number of hydrogen-bond donors (Lipinski definition) is 2. The van der Waals surface area contributed by atoms with Crippen LogP contribution < -0.4 is 10.6 Å². The van der Waals surface area contributed by atoms with E-state index in [0.717, 1.165) is 0 Å². The summed E-state index contributed by atoms with van der Waals surface area (Å²) in [4.78, 5) is 52.4. The fourth-order valence-corrected chi connectivity index (χ4v) is 5.09. The van der Waals surface area contributed by atoms with Crippen LogP contribution in [0.4, 0.5) is 4.79 Å². The maximum Gasteiger partial charge on any atom is 0.408 e. The van der Waals surface area contributed by atoms with Crippen molar-refractivity contribution in [2.24, 2.45) is 0 Å². The first-order chi connectivity index (χ1) is 17.2. The van der Waals surface area contributed by atoms with Crippen LogP contribution in [0.3, 0.4) is 0 Å². The number of carbonyl (C=O) groups excluding carboxylic acids is 4. The molecular weight excluding hydrogens is 635 g/mol. The molecule has 0 saturated carbocycles. The molecule has 2 aliphatic rings. The molecule has 202 valence electrons. The zero-order valence-electron chi connectivity index (χ0n) is 18.8. The molecule has 0 bridgehead atoms. The van der Waals surface area contributed by atoms with E-state index < -0.39 is 62.1 Å².